The Kier molecular flexibility index (Phi) is 5.96. The molecule has 8 nitrogen and oxygen atoms in total. The van der Waals surface area contributed by atoms with Crippen LogP contribution in [0.3, 0.4) is 0 Å². The van der Waals surface area contributed by atoms with Gasteiger partial charge in [0, 0.05) is 12.2 Å². The van der Waals surface area contributed by atoms with E-state index in [0.29, 0.717) is 25.1 Å². The van der Waals surface area contributed by atoms with Crippen molar-refractivity contribution < 1.29 is 22.7 Å². The first-order chi connectivity index (χ1) is 13.3. The normalized spacial score (nSPS) is 16.6. The van der Waals surface area contributed by atoms with Gasteiger partial charge in [0.2, 0.25) is 15.9 Å². The monoisotopic (exact) mass is 403 g/mol. The Morgan fingerprint density at radius 1 is 1.11 bits per heavy atom. The van der Waals surface area contributed by atoms with E-state index in [9.17, 15) is 18.0 Å². The minimum atomic E-state index is -3.80. The summed E-state index contributed by atoms with van der Waals surface area (Å²) in [5.74, 6) is -0.350. The Balaban J connectivity index is 1.60. The smallest absolute Gasteiger partial charge is 0.410 e. The fraction of sp³-hybridized carbons (Fsp3) is 0.263. The van der Waals surface area contributed by atoms with E-state index in [1.54, 1.807) is 0 Å². The quantitative estimate of drug-likeness (QED) is 0.792. The highest BCUT2D eigenvalue weighted by Crippen LogP contribution is 2.21. The van der Waals surface area contributed by atoms with Crippen molar-refractivity contribution >= 4 is 27.7 Å². The molecule has 0 aliphatic carbocycles. The summed E-state index contributed by atoms with van der Waals surface area (Å²) in [6.45, 7) is 0.579. The topological polar surface area (TPSA) is 119 Å². The van der Waals surface area contributed by atoms with Crippen LogP contribution in [-0.4, -0.2) is 37.9 Å². The maximum absolute atomic E-state index is 12.6. The molecule has 2 aromatic carbocycles. The van der Waals surface area contributed by atoms with E-state index in [0.717, 1.165) is 5.56 Å². The van der Waals surface area contributed by atoms with E-state index in [1.165, 1.54) is 29.2 Å². The number of nitrogens with two attached hydrogens (primary N) is 1. The number of sulfonamides is 1. The molecule has 1 atom stereocenters. The largest absolute Gasteiger partial charge is 0.445 e. The van der Waals surface area contributed by atoms with Crippen LogP contribution >= 0.6 is 0 Å². The lowest BCUT2D eigenvalue weighted by Gasteiger charge is -2.23. The molecule has 1 unspecified atom stereocenters. The van der Waals surface area contributed by atoms with Crippen LogP contribution in [0, 0.1) is 0 Å². The van der Waals surface area contributed by atoms with Gasteiger partial charge in [-0.05, 0) is 42.7 Å². The number of likely N-dealkylation sites (tertiary alicyclic amines) is 1. The predicted octanol–water partition coefficient (Wildman–Crippen LogP) is 2.07. The van der Waals surface area contributed by atoms with Crippen molar-refractivity contribution in [2.75, 3.05) is 11.9 Å². The molecular weight excluding hydrogens is 382 g/mol. The van der Waals surface area contributed by atoms with E-state index in [1.807, 2.05) is 30.3 Å². The molecule has 1 saturated heterocycles. The molecule has 2 aromatic rings. The molecule has 0 spiro atoms. The van der Waals surface area contributed by atoms with Crippen LogP contribution < -0.4 is 10.5 Å². The van der Waals surface area contributed by atoms with Crippen molar-refractivity contribution in [3.05, 3.63) is 60.2 Å². The first-order valence-corrected chi connectivity index (χ1v) is 10.3. The van der Waals surface area contributed by atoms with E-state index in [-0.39, 0.29) is 17.4 Å². The van der Waals surface area contributed by atoms with Crippen LogP contribution in [0.2, 0.25) is 0 Å². The molecule has 1 aliphatic heterocycles. The number of hydrogen-bond donors (Lipinski definition) is 2. The van der Waals surface area contributed by atoms with Crippen molar-refractivity contribution in [2.24, 2.45) is 5.14 Å². The van der Waals surface area contributed by atoms with E-state index < -0.39 is 22.2 Å². The number of hydrogen-bond acceptors (Lipinski definition) is 5. The summed E-state index contributed by atoms with van der Waals surface area (Å²) in [7, 11) is -3.80. The number of carbonyl (C=O) groups is 2. The number of rotatable bonds is 5. The SMILES string of the molecule is NS(=O)(=O)c1ccc(NC(=O)C2CCCN2C(=O)OCc2ccccc2)cc1. The number of nitrogens with one attached hydrogen (secondary N) is 1. The summed E-state index contributed by atoms with van der Waals surface area (Å²) in [5, 5.41) is 7.75. The number of ether oxygens (including phenoxy) is 1. The fourth-order valence-electron chi connectivity index (χ4n) is 3.01. The van der Waals surface area contributed by atoms with Crippen LogP contribution in [0.25, 0.3) is 0 Å². The van der Waals surface area contributed by atoms with Crippen molar-refractivity contribution in [1.82, 2.24) is 4.90 Å². The molecule has 0 bridgehead atoms. The zero-order valence-corrected chi connectivity index (χ0v) is 15.9. The first kappa shape index (κ1) is 19.8. The average Bonchev–Trinajstić information content (AvgIpc) is 3.17. The summed E-state index contributed by atoms with van der Waals surface area (Å²) in [6.07, 6.45) is 0.691. The number of carbonyl (C=O) groups excluding carboxylic acids is 2. The molecule has 3 N–H and O–H groups in total. The van der Waals surface area contributed by atoms with Gasteiger partial charge in [0.1, 0.15) is 12.6 Å². The molecule has 1 heterocycles. The standard InChI is InChI=1S/C19H21N3O5S/c20-28(25,26)16-10-8-15(9-11-16)21-18(23)17-7-4-12-22(17)19(24)27-13-14-5-2-1-3-6-14/h1-3,5-6,8-11,17H,4,7,12-13H2,(H,21,23)(H2,20,25,26). The Bertz CT molecular complexity index is 945. The molecule has 1 fully saturated rings. The molecule has 148 valence electrons. The van der Waals surface area contributed by atoms with Gasteiger partial charge in [0.15, 0.2) is 0 Å². The first-order valence-electron chi connectivity index (χ1n) is 8.75. The average molecular weight is 403 g/mol. The highest BCUT2D eigenvalue weighted by atomic mass is 32.2. The van der Waals surface area contributed by atoms with Gasteiger partial charge in [-0.25, -0.2) is 18.4 Å². The maximum Gasteiger partial charge on any atom is 0.410 e. The van der Waals surface area contributed by atoms with Gasteiger partial charge in [-0.1, -0.05) is 30.3 Å². The summed E-state index contributed by atoms with van der Waals surface area (Å²) in [6, 6.07) is 14.2. The second kappa shape index (κ2) is 8.41. The molecule has 0 saturated carbocycles. The highest BCUT2D eigenvalue weighted by molar-refractivity contribution is 7.89. The lowest BCUT2D eigenvalue weighted by atomic mass is 10.2. The van der Waals surface area contributed by atoms with Crippen molar-refractivity contribution in [3.8, 4) is 0 Å². The molecule has 0 radical (unpaired) electrons. The van der Waals surface area contributed by atoms with Crippen LogP contribution in [0.15, 0.2) is 59.5 Å². The molecule has 28 heavy (non-hydrogen) atoms. The molecule has 9 heteroatoms. The Hall–Kier alpha value is -2.91. The van der Waals surface area contributed by atoms with Crippen LogP contribution in [-0.2, 0) is 26.2 Å². The summed E-state index contributed by atoms with van der Waals surface area (Å²) in [5.41, 5.74) is 1.29. The second-order valence-electron chi connectivity index (χ2n) is 6.45. The molecule has 1 aliphatic rings. The van der Waals surface area contributed by atoms with Gasteiger partial charge in [0.25, 0.3) is 0 Å². The van der Waals surface area contributed by atoms with Crippen LogP contribution in [0.4, 0.5) is 10.5 Å². The number of benzene rings is 2. The number of amides is 2. The lowest BCUT2D eigenvalue weighted by Crippen LogP contribution is -2.43. The number of primary sulfonamides is 1. The van der Waals surface area contributed by atoms with Gasteiger partial charge in [-0.3, -0.25) is 9.69 Å². The fourth-order valence-corrected chi connectivity index (χ4v) is 3.53. The van der Waals surface area contributed by atoms with Crippen molar-refractivity contribution in [3.63, 3.8) is 0 Å². The van der Waals surface area contributed by atoms with Gasteiger partial charge >= 0.3 is 6.09 Å². The Morgan fingerprint density at radius 2 is 1.79 bits per heavy atom. The van der Waals surface area contributed by atoms with E-state index in [2.05, 4.69) is 5.32 Å². The summed E-state index contributed by atoms with van der Waals surface area (Å²) >= 11 is 0. The summed E-state index contributed by atoms with van der Waals surface area (Å²) < 4.78 is 27.9. The zero-order chi connectivity index (χ0) is 20.1. The third-order valence-electron chi connectivity index (χ3n) is 4.45. The predicted molar refractivity (Wildman–Crippen MR) is 103 cm³/mol. The number of nitrogens with zero attached hydrogens (tertiary/aromatic N) is 1. The lowest BCUT2D eigenvalue weighted by molar-refractivity contribution is -0.120. The third kappa shape index (κ3) is 4.87. The number of anilines is 1. The van der Waals surface area contributed by atoms with Gasteiger partial charge in [-0.2, -0.15) is 0 Å². The van der Waals surface area contributed by atoms with Crippen LogP contribution in [0.5, 0.6) is 0 Å². The Morgan fingerprint density at radius 3 is 2.43 bits per heavy atom. The minimum absolute atomic E-state index is 0.0440. The maximum atomic E-state index is 12.6. The van der Waals surface area contributed by atoms with Crippen LogP contribution in [0.1, 0.15) is 18.4 Å². The van der Waals surface area contributed by atoms with Crippen molar-refractivity contribution in [2.45, 2.75) is 30.4 Å². The molecular formula is C19H21N3O5S. The van der Waals surface area contributed by atoms with Gasteiger partial charge in [0.05, 0.1) is 4.90 Å². The minimum Gasteiger partial charge on any atom is -0.445 e. The highest BCUT2D eigenvalue weighted by Gasteiger charge is 2.35. The molecule has 2 amide bonds. The summed E-state index contributed by atoms with van der Waals surface area (Å²) in [4.78, 5) is 26.3. The Labute approximate surface area is 163 Å². The molecule has 0 aromatic heterocycles. The zero-order valence-electron chi connectivity index (χ0n) is 15.1. The van der Waals surface area contributed by atoms with E-state index in [4.69, 9.17) is 9.88 Å². The second-order valence-corrected chi connectivity index (χ2v) is 8.01. The van der Waals surface area contributed by atoms with Gasteiger partial charge < -0.3 is 10.1 Å². The molecule has 3 rings (SSSR count). The third-order valence-corrected chi connectivity index (χ3v) is 5.37. The van der Waals surface area contributed by atoms with Crippen molar-refractivity contribution in [1.29, 1.82) is 0 Å². The van der Waals surface area contributed by atoms with E-state index >= 15 is 0 Å². The van der Waals surface area contributed by atoms with Gasteiger partial charge in [-0.15, -0.1) is 0 Å².